The molecule has 1 heterocycles. The van der Waals surface area contributed by atoms with Crippen LogP contribution in [0.4, 0.5) is 0 Å². The molecule has 3 N–H and O–H groups in total. The van der Waals surface area contributed by atoms with E-state index >= 15 is 0 Å². The van der Waals surface area contributed by atoms with Gasteiger partial charge < -0.3 is 15.7 Å². The minimum atomic E-state index is -0.555. The summed E-state index contributed by atoms with van der Waals surface area (Å²) in [5, 5.41) is 16.3. The normalized spacial score (nSPS) is 13.8. The van der Waals surface area contributed by atoms with Crippen molar-refractivity contribution in [2.24, 2.45) is 11.8 Å². The summed E-state index contributed by atoms with van der Waals surface area (Å²) in [5.41, 5.74) is 0. The van der Waals surface area contributed by atoms with Crippen molar-refractivity contribution < 1.29 is 14.7 Å². The lowest BCUT2D eigenvalue weighted by Gasteiger charge is -2.22. The molecule has 0 aliphatic rings. The number of hydrogen-bond acceptors (Lipinski definition) is 4. The fourth-order valence-electron chi connectivity index (χ4n) is 1.86. The van der Waals surface area contributed by atoms with Gasteiger partial charge in [-0.15, -0.1) is 11.3 Å². The standard InChI is InChI=1S/C15H24N2O3S/c1-10(2)13(15(20)16-9-11(3)6-7-18)17-14(19)12-5-4-8-21-12/h4-5,8,10-11,13,18H,6-7,9H2,1-3H3,(H,16,20)(H,17,19). The van der Waals surface area contributed by atoms with Gasteiger partial charge in [0.25, 0.3) is 5.91 Å². The molecule has 1 aromatic rings. The molecule has 0 saturated carbocycles. The van der Waals surface area contributed by atoms with Gasteiger partial charge in [0, 0.05) is 13.2 Å². The van der Waals surface area contributed by atoms with Gasteiger partial charge in [-0.25, -0.2) is 0 Å². The monoisotopic (exact) mass is 312 g/mol. The Bertz CT molecular complexity index is 446. The predicted octanol–water partition coefficient (Wildman–Crippen LogP) is 1.64. The fourth-order valence-corrected chi connectivity index (χ4v) is 2.49. The van der Waals surface area contributed by atoms with Gasteiger partial charge in [-0.3, -0.25) is 9.59 Å². The topological polar surface area (TPSA) is 78.4 Å². The van der Waals surface area contributed by atoms with Crippen molar-refractivity contribution in [2.75, 3.05) is 13.2 Å². The lowest BCUT2D eigenvalue weighted by atomic mass is 10.0. The molecule has 0 aromatic carbocycles. The zero-order chi connectivity index (χ0) is 15.8. The molecule has 21 heavy (non-hydrogen) atoms. The van der Waals surface area contributed by atoms with Crippen LogP contribution >= 0.6 is 11.3 Å². The van der Waals surface area contributed by atoms with Crippen LogP contribution in [0.15, 0.2) is 17.5 Å². The van der Waals surface area contributed by atoms with Crippen LogP contribution < -0.4 is 10.6 Å². The van der Waals surface area contributed by atoms with Gasteiger partial charge in [-0.1, -0.05) is 26.8 Å². The third kappa shape index (κ3) is 5.85. The van der Waals surface area contributed by atoms with Crippen LogP contribution in [0.1, 0.15) is 36.9 Å². The number of rotatable bonds is 8. The molecule has 0 radical (unpaired) electrons. The van der Waals surface area contributed by atoms with Crippen molar-refractivity contribution in [3.05, 3.63) is 22.4 Å². The summed E-state index contributed by atoms with van der Waals surface area (Å²) in [5.74, 6) is -0.191. The van der Waals surface area contributed by atoms with E-state index in [0.29, 0.717) is 17.8 Å². The summed E-state index contributed by atoms with van der Waals surface area (Å²) >= 11 is 1.35. The number of aliphatic hydroxyl groups is 1. The van der Waals surface area contributed by atoms with Gasteiger partial charge in [0.1, 0.15) is 6.04 Å². The van der Waals surface area contributed by atoms with Gasteiger partial charge in [-0.2, -0.15) is 0 Å². The van der Waals surface area contributed by atoms with Crippen molar-refractivity contribution in [1.82, 2.24) is 10.6 Å². The van der Waals surface area contributed by atoms with Crippen LogP contribution in [0, 0.1) is 11.8 Å². The third-order valence-electron chi connectivity index (χ3n) is 3.23. The van der Waals surface area contributed by atoms with E-state index in [1.54, 1.807) is 12.1 Å². The van der Waals surface area contributed by atoms with E-state index in [4.69, 9.17) is 5.11 Å². The Balaban J connectivity index is 2.56. The molecule has 0 aliphatic heterocycles. The van der Waals surface area contributed by atoms with Crippen LogP contribution in [0.3, 0.4) is 0 Å². The second kappa shape index (κ2) is 8.79. The SMILES string of the molecule is CC(CCO)CNC(=O)C(NC(=O)c1cccs1)C(C)C. The van der Waals surface area contributed by atoms with Gasteiger partial charge in [-0.05, 0) is 29.7 Å². The second-order valence-corrected chi connectivity index (χ2v) is 6.48. The molecule has 0 spiro atoms. The number of amides is 2. The van der Waals surface area contributed by atoms with Gasteiger partial charge >= 0.3 is 0 Å². The molecule has 5 nitrogen and oxygen atoms in total. The van der Waals surface area contributed by atoms with Gasteiger partial charge in [0.2, 0.25) is 5.91 Å². The maximum absolute atomic E-state index is 12.2. The maximum atomic E-state index is 12.2. The predicted molar refractivity (Wildman–Crippen MR) is 84.3 cm³/mol. The smallest absolute Gasteiger partial charge is 0.262 e. The number of carbonyl (C=O) groups excluding carboxylic acids is 2. The molecule has 2 amide bonds. The molecule has 118 valence electrons. The van der Waals surface area contributed by atoms with Crippen LogP contribution in [0.25, 0.3) is 0 Å². The maximum Gasteiger partial charge on any atom is 0.262 e. The van der Waals surface area contributed by atoms with E-state index in [2.05, 4.69) is 10.6 Å². The summed E-state index contributed by atoms with van der Waals surface area (Å²) in [7, 11) is 0. The van der Waals surface area contributed by atoms with E-state index in [0.717, 1.165) is 0 Å². The highest BCUT2D eigenvalue weighted by Gasteiger charge is 2.25. The van der Waals surface area contributed by atoms with E-state index in [9.17, 15) is 9.59 Å². The third-order valence-corrected chi connectivity index (χ3v) is 4.10. The Labute approximate surface area is 129 Å². The van der Waals surface area contributed by atoms with E-state index in [1.807, 2.05) is 26.2 Å². The van der Waals surface area contributed by atoms with Crippen molar-refractivity contribution in [1.29, 1.82) is 0 Å². The Morgan fingerprint density at radius 2 is 2.05 bits per heavy atom. The summed E-state index contributed by atoms with van der Waals surface area (Å²) in [4.78, 5) is 24.9. The minimum absolute atomic E-state index is 0.00191. The summed E-state index contributed by atoms with van der Waals surface area (Å²) < 4.78 is 0. The van der Waals surface area contributed by atoms with Crippen molar-refractivity contribution in [3.63, 3.8) is 0 Å². The van der Waals surface area contributed by atoms with E-state index in [1.165, 1.54) is 11.3 Å². The molecule has 0 bridgehead atoms. The van der Waals surface area contributed by atoms with Crippen LogP contribution in [0.5, 0.6) is 0 Å². The molecular formula is C15H24N2O3S. The Hall–Kier alpha value is -1.40. The summed E-state index contributed by atoms with van der Waals surface area (Å²) in [6.45, 7) is 6.37. The molecule has 2 atom stereocenters. The Morgan fingerprint density at radius 1 is 1.33 bits per heavy atom. The molecule has 1 aromatic heterocycles. The van der Waals surface area contributed by atoms with Gasteiger partial charge in [0.15, 0.2) is 0 Å². The Morgan fingerprint density at radius 3 is 2.57 bits per heavy atom. The largest absolute Gasteiger partial charge is 0.396 e. The number of carbonyl (C=O) groups is 2. The molecular weight excluding hydrogens is 288 g/mol. The first-order valence-corrected chi connectivity index (χ1v) is 8.06. The van der Waals surface area contributed by atoms with E-state index in [-0.39, 0.29) is 30.3 Å². The van der Waals surface area contributed by atoms with Crippen LogP contribution in [0.2, 0.25) is 0 Å². The fraction of sp³-hybridized carbons (Fsp3) is 0.600. The lowest BCUT2D eigenvalue weighted by Crippen LogP contribution is -2.50. The van der Waals surface area contributed by atoms with Crippen LogP contribution in [-0.4, -0.2) is 36.1 Å². The first kappa shape index (κ1) is 17.7. The quantitative estimate of drug-likeness (QED) is 0.683. The molecule has 0 saturated heterocycles. The van der Waals surface area contributed by atoms with E-state index < -0.39 is 6.04 Å². The number of nitrogens with one attached hydrogen (secondary N) is 2. The number of thiophene rings is 1. The number of hydrogen-bond donors (Lipinski definition) is 3. The highest BCUT2D eigenvalue weighted by Crippen LogP contribution is 2.10. The summed E-state index contributed by atoms with van der Waals surface area (Å²) in [6, 6.07) is 2.99. The lowest BCUT2D eigenvalue weighted by molar-refractivity contribution is -0.124. The zero-order valence-corrected chi connectivity index (χ0v) is 13.6. The average Bonchev–Trinajstić information content (AvgIpc) is 2.96. The molecule has 1 rings (SSSR count). The molecule has 2 unspecified atom stereocenters. The molecule has 6 heteroatoms. The first-order valence-electron chi connectivity index (χ1n) is 7.18. The van der Waals surface area contributed by atoms with Gasteiger partial charge in [0.05, 0.1) is 4.88 Å². The average molecular weight is 312 g/mol. The molecule has 0 fully saturated rings. The highest BCUT2D eigenvalue weighted by molar-refractivity contribution is 7.12. The first-order chi connectivity index (χ1) is 9.95. The molecule has 0 aliphatic carbocycles. The minimum Gasteiger partial charge on any atom is -0.396 e. The summed E-state index contributed by atoms with van der Waals surface area (Å²) in [6.07, 6.45) is 0.647. The van der Waals surface area contributed by atoms with Crippen molar-refractivity contribution in [3.8, 4) is 0 Å². The Kier molecular flexibility index (Phi) is 7.39. The number of aliphatic hydroxyl groups excluding tert-OH is 1. The zero-order valence-electron chi connectivity index (χ0n) is 12.8. The van der Waals surface area contributed by atoms with Crippen LogP contribution in [-0.2, 0) is 4.79 Å². The van der Waals surface area contributed by atoms with Crippen molar-refractivity contribution >= 4 is 23.2 Å². The van der Waals surface area contributed by atoms with Crippen molar-refractivity contribution in [2.45, 2.75) is 33.2 Å². The highest BCUT2D eigenvalue weighted by atomic mass is 32.1. The second-order valence-electron chi connectivity index (χ2n) is 5.54.